The van der Waals surface area contributed by atoms with Crippen LogP contribution in [0.25, 0.3) is 0 Å². The first kappa shape index (κ1) is 11.5. The number of hydrogen-bond acceptors (Lipinski definition) is 3. The van der Waals surface area contributed by atoms with Gasteiger partial charge in [-0.25, -0.2) is 4.98 Å². The van der Waals surface area contributed by atoms with Crippen molar-refractivity contribution in [2.24, 2.45) is 5.92 Å². The van der Waals surface area contributed by atoms with E-state index >= 15 is 0 Å². The van der Waals surface area contributed by atoms with E-state index in [9.17, 15) is 4.79 Å². The molecule has 0 radical (unpaired) electrons. The van der Waals surface area contributed by atoms with Gasteiger partial charge in [0.1, 0.15) is 0 Å². The van der Waals surface area contributed by atoms with Crippen LogP contribution in [0.2, 0.25) is 5.02 Å². The molecule has 2 N–H and O–H groups in total. The molecule has 1 aliphatic heterocycles. The van der Waals surface area contributed by atoms with Gasteiger partial charge in [0.2, 0.25) is 5.91 Å². The molecule has 0 spiro atoms. The summed E-state index contributed by atoms with van der Waals surface area (Å²) in [7, 11) is 0. The van der Waals surface area contributed by atoms with Crippen LogP contribution >= 0.6 is 23.2 Å². The second kappa shape index (κ2) is 4.47. The molecule has 1 aromatic heterocycles. The summed E-state index contributed by atoms with van der Waals surface area (Å²) in [4.78, 5) is 17.4. The molecule has 0 aromatic carbocycles. The molecule has 0 saturated carbocycles. The third kappa shape index (κ3) is 2.08. The van der Waals surface area contributed by atoms with E-state index in [0.717, 1.165) is 0 Å². The molecule has 1 aromatic rings. The maximum Gasteiger partial charge on any atom is 0.228 e. The van der Waals surface area contributed by atoms with Gasteiger partial charge in [0.15, 0.2) is 5.82 Å². The van der Waals surface area contributed by atoms with Crippen molar-refractivity contribution in [2.75, 3.05) is 23.1 Å². The van der Waals surface area contributed by atoms with Crippen LogP contribution in [0, 0.1) is 5.92 Å². The normalized spacial score (nSPS) is 20.5. The Morgan fingerprint density at radius 1 is 1.62 bits per heavy atom. The van der Waals surface area contributed by atoms with E-state index in [1.807, 2.05) is 0 Å². The van der Waals surface area contributed by atoms with Crippen molar-refractivity contribution >= 4 is 40.6 Å². The second-order valence-corrected chi connectivity index (χ2v) is 4.54. The number of aromatic nitrogens is 1. The average Bonchev–Trinajstić information content (AvgIpc) is 2.60. The van der Waals surface area contributed by atoms with Crippen LogP contribution in [-0.2, 0) is 4.79 Å². The summed E-state index contributed by atoms with van der Waals surface area (Å²) in [6.07, 6.45) is 1.93. The Labute approximate surface area is 103 Å². The van der Waals surface area contributed by atoms with Crippen LogP contribution in [0.1, 0.15) is 6.42 Å². The van der Waals surface area contributed by atoms with Crippen LogP contribution in [-0.4, -0.2) is 23.3 Å². The number of anilines is 2. The molecule has 1 fully saturated rings. The summed E-state index contributed by atoms with van der Waals surface area (Å²) >= 11 is 11.5. The highest BCUT2D eigenvalue weighted by Crippen LogP contribution is 2.29. The van der Waals surface area contributed by atoms with Gasteiger partial charge >= 0.3 is 0 Å². The standard InChI is InChI=1S/C10H11Cl2N3O/c11-3-6-1-9(16)15(5-6)10-8(13)2-7(12)4-14-10/h2,4,6H,1,3,5,13H2. The van der Waals surface area contributed by atoms with E-state index in [1.54, 1.807) is 11.0 Å². The third-order valence-corrected chi connectivity index (χ3v) is 3.18. The van der Waals surface area contributed by atoms with Crippen molar-refractivity contribution in [1.29, 1.82) is 0 Å². The molecule has 1 amide bonds. The van der Waals surface area contributed by atoms with Gasteiger partial charge in [0.05, 0.1) is 10.7 Å². The molecule has 1 unspecified atom stereocenters. The number of rotatable bonds is 2. The lowest BCUT2D eigenvalue weighted by atomic mass is 10.1. The first-order chi connectivity index (χ1) is 7.61. The fourth-order valence-electron chi connectivity index (χ4n) is 1.76. The van der Waals surface area contributed by atoms with Crippen LogP contribution in [0.15, 0.2) is 12.3 Å². The highest BCUT2D eigenvalue weighted by Gasteiger charge is 2.31. The number of carbonyl (C=O) groups is 1. The summed E-state index contributed by atoms with van der Waals surface area (Å²) in [6, 6.07) is 1.59. The molecule has 1 atom stereocenters. The minimum atomic E-state index is 0.00664. The number of halogens is 2. The zero-order chi connectivity index (χ0) is 11.7. The lowest BCUT2D eigenvalue weighted by molar-refractivity contribution is -0.117. The predicted molar refractivity (Wildman–Crippen MR) is 64.8 cm³/mol. The Hall–Kier alpha value is -1.00. The van der Waals surface area contributed by atoms with Gasteiger partial charge in [-0.1, -0.05) is 11.6 Å². The number of nitrogens with zero attached hydrogens (tertiary/aromatic N) is 2. The molecule has 86 valence electrons. The van der Waals surface area contributed by atoms with Gasteiger partial charge in [-0.3, -0.25) is 9.69 Å². The average molecular weight is 260 g/mol. The van der Waals surface area contributed by atoms with Gasteiger partial charge in [-0.05, 0) is 12.0 Å². The van der Waals surface area contributed by atoms with E-state index < -0.39 is 0 Å². The van der Waals surface area contributed by atoms with Gasteiger partial charge in [0, 0.05) is 25.0 Å². The predicted octanol–water partition coefficient (Wildman–Crippen LogP) is 1.91. The molecule has 0 aliphatic carbocycles. The molecule has 2 rings (SSSR count). The molecule has 0 bridgehead atoms. The van der Waals surface area contributed by atoms with Gasteiger partial charge in [-0.15, -0.1) is 11.6 Å². The van der Waals surface area contributed by atoms with Crippen molar-refractivity contribution in [3.8, 4) is 0 Å². The zero-order valence-electron chi connectivity index (χ0n) is 8.49. The SMILES string of the molecule is Nc1cc(Cl)cnc1N1CC(CCl)CC1=O. The minimum absolute atomic E-state index is 0.00664. The smallest absolute Gasteiger partial charge is 0.228 e. The first-order valence-corrected chi connectivity index (χ1v) is 5.80. The first-order valence-electron chi connectivity index (χ1n) is 4.89. The highest BCUT2D eigenvalue weighted by molar-refractivity contribution is 6.30. The molecule has 6 heteroatoms. The van der Waals surface area contributed by atoms with E-state index in [4.69, 9.17) is 28.9 Å². The summed E-state index contributed by atoms with van der Waals surface area (Å²) in [5.41, 5.74) is 6.19. The lowest BCUT2D eigenvalue weighted by Gasteiger charge is -2.17. The zero-order valence-corrected chi connectivity index (χ0v) is 10.0. The number of nitrogens with two attached hydrogens (primary N) is 1. The summed E-state index contributed by atoms with van der Waals surface area (Å²) < 4.78 is 0. The minimum Gasteiger partial charge on any atom is -0.396 e. The Kier molecular flexibility index (Phi) is 3.21. The van der Waals surface area contributed by atoms with Crippen LogP contribution in [0.3, 0.4) is 0 Å². The number of alkyl halides is 1. The maximum atomic E-state index is 11.7. The largest absolute Gasteiger partial charge is 0.396 e. The highest BCUT2D eigenvalue weighted by atomic mass is 35.5. The molecular weight excluding hydrogens is 249 g/mol. The molecule has 2 heterocycles. The number of carbonyl (C=O) groups excluding carboxylic acids is 1. The Morgan fingerprint density at radius 3 is 2.94 bits per heavy atom. The van der Waals surface area contributed by atoms with Crippen molar-refractivity contribution in [3.05, 3.63) is 17.3 Å². The second-order valence-electron chi connectivity index (χ2n) is 3.80. The third-order valence-electron chi connectivity index (χ3n) is 2.54. The molecule has 16 heavy (non-hydrogen) atoms. The van der Waals surface area contributed by atoms with Crippen LogP contribution < -0.4 is 10.6 Å². The Morgan fingerprint density at radius 2 is 2.38 bits per heavy atom. The summed E-state index contributed by atoms with van der Waals surface area (Å²) in [5.74, 6) is 1.12. The molecule has 4 nitrogen and oxygen atoms in total. The topological polar surface area (TPSA) is 59.2 Å². The van der Waals surface area contributed by atoms with Crippen molar-refractivity contribution < 1.29 is 4.79 Å². The van der Waals surface area contributed by atoms with E-state index in [0.29, 0.717) is 35.4 Å². The molecule has 1 saturated heterocycles. The van der Waals surface area contributed by atoms with E-state index in [1.165, 1.54) is 6.20 Å². The summed E-state index contributed by atoms with van der Waals surface area (Å²) in [6.45, 7) is 0.571. The van der Waals surface area contributed by atoms with Gasteiger partial charge < -0.3 is 5.73 Å². The maximum absolute atomic E-state index is 11.7. The van der Waals surface area contributed by atoms with Crippen LogP contribution in [0.4, 0.5) is 11.5 Å². The van der Waals surface area contributed by atoms with Gasteiger partial charge in [0.25, 0.3) is 0 Å². The molecular formula is C10H11Cl2N3O. The monoisotopic (exact) mass is 259 g/mol. The van der Waals surface area contributed by atoms with E-state index in [-0.39, 0.29) is 11.8 Å². The van der Waals surface area contributed by atoms with Crippen molar-refractivity contribution in [3.63, 3.8) is 0 Å². The van der Waals surface area contributed by atoms with Gasteiger partial charge in [-0.2, -0.15) is 0 Å². The fraction of sp³-hybridized carbons (Fsp3) is 0.400. The van der Waals surface area contributed by atoms with Crippen molar-refractivity contribution in [2.45, 2.75) is 6.42 Å². The lowest BCUT2D eigenvalue weighted by Crippen LogP contribution is -2.26. The Balaban J connectivity index is 2.28. The number of hydrogen-bond donors (Lipinski definition) is 1. The molecule has 1 aliphatic rings. The van der Waals surface area contributed by atoms with E-state index in [2.05, 4.69) is 4.98 Å². The number of nitrogen functional groups attached to an aromatic ring is 1. The number of pyridine rings is 1. The number of amides is 1. The van der Waals surface area contributed by atoms with Crippen molar-refractivity contribution in [1.82, 2.24) is 4.98 Å². The fourth-order valence-corrected chi connectivity index (χ4v) is 2.14. The van der Waals surface area contributed by atoms with Crippen LogP contribution in [0.5, 0.6) is 0 Å². The summed E-state index contributed by atoms with van der Waals surface area (Å²) in [5, 5.41) is 0.460. The quantitative estimate of drug-likeness (QED) is 0.826. The Bertz CT molecular complexity index is 425.